The minimum atomic E-state index is -1.09. The summed E-state index contributed by atoms with van der Waals surface area (Å²) in [6.45, 7) is 4.12. The number of fused-ring (bicyclic) bond motifs is 2. The number of amides is 1. The molecule has 44 heavy (non-hydrogen) atoms. The maximum atomic E-state index is 16.6. The van der Waals surface area contributed by atoms with Crippen LogP contribution < -0.4 is 9.64 Å². The van der Waals surface area contributed by atoms with Gasteiger partial charge in [0, 0.05) is 43.2 Å². The minimum Gasteiger partial charge on any atom is -0.462 e. The van der Waals surface area contributed by atoms with E-state index < -0.39 is 29.8 Å². The monoisotopic (exact) mass is 604 g/mol. The molecule has 8 nitrogen and oxygen atoms in total. The van der Waals surface area contributed by atoms with E-state index in [4.69, 9.17) is 4.74 Å². The van der Waals surface area contributed by atoms with Crippen LogP contribution in [-0.2, 0) is 17.6 Å². The summed E-state index contributed by atoms with van der Waals surface area (Å²) in [6, 6.07) is 10.8. The topological polar surface area (TPSA) is 85.6 Å². The summed E-state index contributed by atoms with van der Waals surface area (Å²) in [5, 5.41) is 9.91. The van der Waals surface area contributed by atoms with E-state index in [-0.39, 0.29) is 50.2 Å². The van der Waals surface area contributed by atoms with Crippen LogP contribution >= 0.6 is 0 Å². The molecule has 3 aromatic rings. The molecular weight excluding hydrogens is 569 g/mol. The van der Waals surface area contributed by atoms with Crippen LogP contribution in [-0.4, -0.2) is 83.8 Å². The molecule has 0 spiro atoms. The molecule has 230 valence electrons. The summed E-state index contributed by atoms with van der Waals surface area (Å²) >= 11 is 0. The molecule has 0 radical (unpaired) electrons. The second kappa shape index (κ2) is 12.4. The minimum absolute atomic E-state index is 0.0298. The number of carbonyl (C=O) groups excluding carboxylic acids is 1. The standard InChI is InChI=1S/C33H35F3N6O2/c1-20(34)32(43)42-15-14-41(18-23(42)12-13-37)31-28-11-10-27(26-9-5-7-21-6-3-4-8-25(21)26)29(36)30(28)38-33(39-31)44-19-24-16-22(35)17-40(24)2/h5,7,9-11,22-24H,1,3-4,6,8,12,14-19H2,2H3/t22-,23+,24+/m1/s1. The molecule has 6 rings (SSSR count). The maximum absolute atomic E-state index is 16.6. The first-order valence-corrected chi connectivity index (χ1v) is 15.1. The first kappa shape index (κ1) is 29.9. The molecule has 3 atom stereocenters. The highest BCUT2D eigenvalue weighted by Crippen LogP contribution is 2.38. The summed E-state index contributed by atoms with van der Waals surface area (Å²) < 4.78 is 50.4. The van der Waals surface area contributed by atoms with E-state index in [1.807, 2.05) is 29.0 Å². The molecule has 2 saturated heterocycles. The lowest BCUT2D eigenvalue weighted by Crippen LogP contribution is -2.55. The number of hydrogen-bond donors (Lipinski definition) is 0. The van der Waals surface area contributed by atoms with Crippen LogP contribution in [0, 0.1) is 17.1 Å². The number of likely N-dealkylation sites (N-methyl/N-ethyl adjacent to an activating group) is 1. The summed E-state index contributed by atoms with van der Waals surface area (Å²) in [4.78, 5) is 26.7. The number of piperazine rings is 1. The van der Waals surface area contributed by atoms with Crippen LogP contribution in [0.2, 0.25) is 0 Å². The Labute approximate surface area is 254 Å². The number of carbonyl (C=O) groups is 1. The quantitative estimate of drug-likeness (QED) is 0.345. The van der Waals surface area contributed by atoms with Crippen LogP contribution in [0.25, 0.3) is 22.0 Å². The number of aromatic nitrogens is 2. The van der Waals surface area contributed by atoms with Gasteiger partial charge in [-0.1, -0.05) is 30.8 Å². The summed E-state index contributed by atoms with van der Waals surface area (Å²) in [5.41, 5.74) is 3.77. The summed E-state index contributed by atoms with van der Waals surface area (Å²) in [7, 11) is 1.83. The third kappa shape index (κ3) is 5.71. The lowest BCUT2D eigenvalue weighted by Gasteiger charge is -2.41. The van der Waals surface area contributed by atoms with Crippen LogP contribution in [0.5, 0.6) is 6.01 Å². The predicted octanol–water partition coefficient (Wildman–Crippen LogP) is 5.15. The first-order chi connectivity index (χ1) is 21.2. The van der Waals surface area contributed by atoms with Crippen molar-refractivity contribution in [2.24, 2.45) is 0 Å². The molecule has 11 heteroatoms. The van der Waals surface area contributed by atoms with Crippen LogP contribution in [0.3, 0.4) is 0 Å². The van der Waals surface area contributed by atoms with Gasteiger partial charge >= 0.3 is 6.01 Å². The van der Waals surface area contributed by atoms with Gasteiger partial charge in [-0.2, -0.15) is 15.2 Å². The number of benzene rings is 2. The second-order valence-corrected chi connectivity index (χ2v) is 11.9. The van der Waals surface area contributed by atoms with Crippen molar-refractivity contribution >= 4 is 22.6 Å². The zero-order valence-electron chi connectivity index (χ0n) is 24.7. The Morgan fingerprint density at radius 3 is 2.68 bits per heavy atom. The maximum Gasteiger partial charge on any atom is 0.319 e. The molecule has 3 heterocycles. The van der Waals surface area contributed by atoms with Crippen LogP contribution in [0.15, 0.2) is 42.7 Å². The van der Waals surface area contributed by atoms with Gasteiger partial charge in [0.05, 0.1) is 18.5 Å². The predicted molar refractivity (Wildman–Crippen MR) is 161 cm³/mol. The number of rotatable bonds is 7. The lowest BCUT2D eigenvalue weighted by molar-refractivity contribution is -0.131. The lowest BCUT2D eigenvalue weighted by atomic mass is 9.85. The Hall–Kier alpha value is -4.17. The molecule has 0 N–H and O–H groups in total. The molecule has 2 aliphatic heterocycles. The molecule has 1 amide bonds. The fraction of sp³-hybridized carbons (Fsp3) is 0.455. The van der Waals surface area contributed by atoms with Crippen LogP contribution in [0.4, 0.5) is 19.0 Å². The van der Waals surface area contributed by atoms with Crippen molar-refractivity contribution in [3.05, 3.63) is 59.7 Å². The molecule has 2 fully saturated rings. The van der Waals surface area contributed by atoms with Crippen molar-refractivity contribution in [3.63, 3.8) is 0 Å². The van der Waals surface area contributed by atoms with Crippen molar-refractivity contribution in [1.82, 2.24) is 19.8 Å². The van der Waals surface area contributed by atoms with Gasteiger partial charge in [-0.05, 0) is 61.9 Å². The molecule has 0 unspecified atom stereocenters. The largest absolute Gasteiger partial charge is 0.462 e. The highest BCUT2D eigenvalue weighted by Gasteiger charge is 2.34. The molecule has 2 aromatic carbocycles. The molecule has 1 aliphatic carbocycles. The average Bonchev–Trinajstić information content (AvgIpc) is 3.35. The molecule has 3 aliphatic rings. The highest BCUT2D eigenvalue weighted by molar-refractivity contribution is 5.94. The van der Waals surface area contributed by atoms with Gasteiger partial charge in [0.25, 0.3) is 5.91 Å². The van der Waals surface area contributed by atoms with Crippen LogP contribution in [0.1, 0.15) is 36.8 Å². The third-order valence-corrected chi connectivity index (χ3v) is 9.10. The normalized spacial score (nSPS) is 22.1. The highest BCUT2D eigenvalue weighted by atomic mass is 19.1. The number of nitriles is 1. The molecular formula is C33H35F3N6O2. The number of hydrogen-bond acceptors (Lipinski definition) is 7. The molecule has 0 saturated carbocycles. The fourth-order valence-electron chi connectivity index (χ4n) is 6.80. The van der Waals surface area contributed by atoms with Gasteiger partial charge in [-0.15, -0.1) is 0 Å². The van der Waals surface area contributed by atoms with Gasteiger partial charge in [-0.25, -0.2) is 13.2 Å². The Morgan fingerprint density at radius 2 is 1.93 bits per heavy atom. The van der Waals surface area contributed by atoms with E-state index in [0.717, 1.165) is 36.8 Å². The zero-order valence-corrected chi connectivity index (χ0v) is 24.7. The van der Waals surface area contributed by atoms with Gasteiger partial charge < -0.3 is 14.5 Å². The van der Waals surface area contributed by atoms with E-state index in [9.17, 15) is 18.8 Å². The van der Waals surface area contributed by atoms with Gasteiger partial charge in [-0.3, -0.25) is 9.69 Å². The first-order valence-electron chi connectivity index (χ1n) is 15.1. The number of ether oxygens (including phenoxy) is 1. The Morgan fingerprint density at radius 1 is 1.11 bits per heavy atom. The Balaban J connectivity index is 1.41. The van der Waals surface area contributed by atoms with Crippen molar-refractivity contribution in [1.29, 1.82) is 5.26 Å². The number of likely N-dealkylation sites (tertiary alicyclic amines) is 1. The van der Waals surface area contributed by atoms with Crippen molar-refractivity contribution in [3.8, 4) is 23.2 Å². The average molecular weight is 605 g/mol. The Bertz CT molecular complexity index is 1640. The van der Waals surface area contributed by atoms with E-state index in [2.05, 4.69) is 28.7 Å². The van der Waals surface area contributed by atoms with E-state index in [1.165, 1.54) is 10.5 Å². The zero-order chi connectivity index (χ0) is 31.0. The SMILES string of the molecule is C=C(F)C(=O)N1CCN(c2nc(OC[C@@H]3C[C@@H](F)CN3C)nc3c(F)c(-c4cccc5c4CCCC5)ccc23)C[C@@H]1CC#N. The van der Waals surface area contributed by atoms with Gasteiger partial charge in [0.1, 0.15) is 24.1 Å². The third-order valence-electron chi connectivity index (χ3n) is 9.10. The number of anilines is 1. The van der Waals surface area contributed by atoms with Crippen molar-refractivity contribution in [2.45, 2.75) is 56.8 Å². The van der Waals surface area contributed by atoms with Crippen molar-refractivity contribution < 1.29 is 22.7 Å². The van der Waals surface area contributed by atoms with E-state index in [0.29, 0.717) is 29.7 Å². The summed E-state index contributed by atoms with van der Waals surface area (Å²) in [5.74, 6) is -2.04. The smallest absolute Gasteiger partial charge is 0.319 e. The second-order valence-electron chi connectivity index (χ2n) is 11.9. The number of aryl methyl sites for hydroxylation is 1. The molecule has 1 aromatic heterocycles. The number of halogens is 3. The van der Waals surface area contributed by atoms with E-state index in [1.54, 1.807) is 12.1 Å². The number of alkyl halides is 1. The van der Waals surface area contributed by atoms with Gasteiger partial charge in [0.2, 0.25) is 0 Å². The fourth-order valence-corrected chi connectivity index (χ4v) is 6.80. The summed E-state index contributed by atoms with van der Waals surface area (Å²) in [6.07, 6.45) is 3.34. The van der Waals surface area contributed by atoms with Gasteiger partial charge in [0.15, 0.2) is 11.6 Å². The van der Waals surface area contributed by atoms with Crippen molar-refractivity contribution in [2.75, 3.05) is 44.7 Å². The molecule has 0 bridgehead atoms. The Kier molecular flexibility index (Phi) is 8.45. The number of nitrogens with zero attached hydrogens (tertiary/aromatic N) is 6. The van der Waals surface area contributed by atoms with E-state index >= 15 is 4.39 Å².